The zero-order valence-corrected chi connectivity index (χ0v) is 16.1. The molecule has 1 aromatic carbocycles. The third-order valence-electron chi connectivity index (χ3n) is 5.58. The molecule has 2 aliphatic rings. The van der Waals surface area contributed by atoms with Crippen LogP contribution >= 0.6 is 0 Å². The van der Waals surface area contributed by atoms with E-state index in [1.54, 1.807) is 7.11 Å². The molecule has 1 atom stereocenters. The molecule has 0 bridgehead atoms. The van der Waals surface area contributed by atoms with Crippen LogP contribution in [-0.2, 0) is 0 Å². The van der Waals surface area contributed by atoms with Gasteiger partial charge in [-0.2, -0.15) is 0 Å². The van der Waals surface area contributed by atoms with Gasteiger partial charge in [0.25, 0.3) is 5.91 Å². The highest BCUT2D eigenvalue weighted by Crippen LogP contribution is 2.32. The topological polar surface area (TPSA) is 32.8 Å². The standard InChI is InChI=1S/C21H32N2O2/c1-15(2)19-14-23(11-5-10-22(19)13-17-7-8-17)21(24)18-12-16(3)6-9-20(18)25-4/h6,9,12,15,17,19H,5,7-8,10-11,13-14H2,1-4H3. The molecule has 138 valence electrons. The molecule has 1 unspecified atom stereocenters. The van der Waals surface area contributed by atoms with Crippen LogP contribution in [0.25, 0.3) is 0 Å². The Morgan fingerprint density at radius 2 is 2.04 bits per heavy atom. The molecule has 0 N–H and O–H groups in total. The van der Waals surface area contributed by atoms with Crippen LogP contribution in [0.1, 0.15) is 49.0 Å². The smallest absolute Gasteiger partial charge is 0.257 e. The zero-order chi connectivity index (χ0) is 18.0. The van der Waals surface area contributed by atoms with E-state index in [0.717, 1.165) is 37.5 Å². The summed E-state index contributed by atoms with van der Waals surface area (Å²) in [5.74, 6) is 2.22. The van der Waals surface area contributed by atoms with Crippen molar-refractivity contribution in [1.82, 2.24) is 9.80 Å². The molecular weight excluding hydrogens is 312 g/mol. The Kier molecular flexibility index (Phi) is 5.67. The number of hydrogen-bond donors (Lipinski definition) is 0. The van der Waals surface area contributed by atoms with E-state index < -0.39 is 0 Å². The number of carbonyl (C=O) groups excluding carboxylic acids is 1. The van der Waals surface area contributed by atoms with E-state index in [-0.39, 0.29) is 5.91 Å². The van der Waals surface area contributed by atoms with Crippen LogP contribution in [0.2, 0.25) is 0 Å². The van der Waals surface area contributed by atoms with Gasteiger partial charge < -0.3 is 9.64 Å². The van der Waals surface area contributed by atoms with Crippen LogP contribution in [0, 0.1) is 18.8 Å². The fraction of sp³-hybridized carbons (Fsp3) is 0.667. The molecule has 4 nitrogen and oxygen atoms in total. The van der Waals surface area contributed by atoms with E-state index in [1.807, 2.05) is 25.1 Å². The lowest BCUT2D eigenvalue weighted by Gasteiger charge is -2.34. The number of benzene rings is 1. The van der Waals surface area contributed by atoms with Gasteiger partial charge in [0.05, 0.1) is 12.7 Å². The van der Waals surface area contributed by atoms with E-state index in [2.05, 4.69) is 23.6 Å². The Bertz CT molecular complexity index is 610. The molecule has 25 heavy (non-hydrogen) atoms. The lowest BCUT2D eigenvalue weighted by atomic mass is 10.0. The lowest BCUT2D eigenvalue weighted by Crippen LogP contribution is -2.46. The lowest BCUT2D eigenvalue weighted by molar-refractivity contribution is 0.0701. The minimum atomic E-state index is 0.111. The number of aryl methyl sites for hydroxylation is 1. The summed E-state index contributed by atoms with van der Waals surface area (Å²) in [6.07, 6.45) is 3.81. The van der Waals surface area contributed by atoms with Crippen molar-refractivity contribution in [3.05, 3.63) is 29.3 Å². The van der Waals surface area contributed by atoms with Crippen molar-refractivity contribution in [3.8, 4) is 5.75 Å². The minimum absolute atomic E-state index is 0.111. The summed E-state index contributed by atoms with van der Waals surface area (Å²) in [6, 6.07) is 6.30. The average Bonchev–Trinajstić information content (AvgIpc) is 3.41. The summed E-state index contributed by atoms with van der Waals surface area (Å²) in [6.45, 7) is 10.6. The van der Waals surface area contributed by atoms with Crippen LogP contribution in [0.4, 0.5) is 0 Å². The SMILES string of the molecule is COc1ccc(C)cc1C(=O)N1CCCN(CC2CC2)C(C(C)C)C1. The molecule has 1 aromatic rings. The maximum absolute atomic E-state index is 13.2. The highest BCUT2D eigenvalue weighted by molar-refractivity contribution is 5.97. The maximum atomic E-state index is 13.2. The van der Waals surface area contributed by atoms with Gasteiger partial charge in [-0.05, 0) is 50.2 Å². The summed E-state index contributed by atoms with van der Waals surface area (Å²) < 4.78 is 5.44. The Hall–Kier alpha value is -1.55. The van der Waals surface area contributed by atoms with Gasteiger partial charge in [0.15, 0.2) is 0 Å². The van der Waals surface area contributed by atoms with Gasteiger partial charge in [0.2, 0.25) is 0 Å². The number of ether oxygens (including phenoxy) is 1. The summed E-state index contributed by atoms with van der Waals surface area (Å²) >= 11 is 0. The molecule has 0 radical (unpaired) electrons. The molecule has 2 fully saturated rings. The number of nitrogens with zero attached hydrogens (tertiary/aromatic N) is 2. The number of amides is 1. The van der Waals surface area contributed by atoms with Crippen molar-refractivity contribution in [2.75, 3.05) is 33.3 Å². The first kappa shape index (κ1) is 18.2. The minimum Gasteiger partial charge on any atom is -0.496 e. The molecular formula is C21H32N2O2. The van der Waals surface area contributed by atoms with Crippen LogP contribution < -0.4 is 4.74 Å². The second kappa shape index (κ2) is 7.77. The van der Waals surface area contributed by atoms with Gasteiger partial charge in [-0.1, -0.05) is 25.5 Å². The first-order chi connectivity index (χ1) is 12.0. The average molecular weight is 344 g/mol. The van der Waals surface area contributed by atoms with Gasteiger partial charge in [-0.3, -0.25) is 9.69 Å². The summed E-state index contributed by atoms with van der Waals surface area (Å²) in [5, 5.41) is 0. The molecule has 4 heteroatoms. The Labute approximate surface area is 152 Å². The van der Waals surface area contributed by atoms with Crippen molar-refractivity contribution in [2.24, 2.45) is 11.8 Å². The van der Waals surface area contributed by atoms with E-state index in [4.69, 9.17) is 4.74 Å². The van der Waals surface area contributed by atoms with Gasteiger partial charge in [0, 0.05) is 32.2 Å². The quantitative estimate of drug-likeness (QED) is 0.818. The molecule has 1 heterocycles. The fourth-order valence-electron chi connectivity index (χ4n) is 3.90. The van der Waals surface area contributed by atoms with Crippen molar-refractivity contribution in [3.63, 3.8) is 0 Å². The molecule has 0 spiro atoms. The third-order valence-corrected chi connectivity index (χ3v) is 5.58. The molecule has 3 rings (SSSR count). The molecule has 1 saturated carbocycles. The van der Waals surface area contributed by atoms with Crippen LogP contribution in [0.15, 0.2) is 18.2 Å². The van der Waals surface area contributed by atoms with Crippen molar-refractivity contribution in [2.45, 2.75) is 46.1 Å². The molecule has 1 aliphatic carbocycles. The van der Waals surface area contributed by atoms with E-state index in [1.165, 1.54) is 19.4 Å². The zero-order valence-electron chi connectivity index (χ0n) is 16.1. The number of carbonyl (C=O) groups is 1. The number of rotatable bonds is 5. The van der Waals surface area contributed by atoms with Crippen molar-refractivity contribution < 1.29 is 9.53 Å². The van der Waals surface area contributed by atoms with E-state index in [0.29, 0.717) is 23.3 Å². The Morgan fingerprint density at radius 1 is 1.28 bits per heavy atom. The fourth-order valence-corrected chi connectivity index (χ4v) is 3.90. The maximum Gasteiger partial charge on any atom is 0.257 e. The highest BCUT2D eigenvalue weighted by atomic mass is 16.5. The van der Waals surface area contributed by atoms with Crippen LogP contribution in [0.3, 0.4) is 0 Å². The van der Waals surface area contributed by atoms with Crippen LogP contribution in [0.5, 0.6) is 5.75 Å². The molecule has 1 saturated heterocycles. The monoisotopic (exact) mass is 344 g/mol. The predicted molar refractivity (Wildman–Crippen MR) is 101 cm³/mol. The van der Waals surface area contributed by atoms with Gasteiger partial charge >= 0.3 is 0 Å². The summed E-state index contributed by atoms with van der Waals surface area (Å²) in [7, 11) is 1.64. The second-order valence-electron chi connectivity index (χ2n) is 8.06. The molecule has 0 aromatic heterocycles. The molecule has 1 aliphatic heterocycles. The van der Waals surface area contributed by atoms with Crippen molar-refractivity contribution >= 4 is 5.91 Å². The predicted octanol–water partition coefficient (Wildman–Crippen LogP) is 3.59. The Morgan fingerprint density at radius 3 is 2.68 bits per heavy atom. The van der Waals surface area contributed by atoms with Gasteiger partial charge in [-0.25, -0.2) is 0 Å². The highest BCUT2D eigenvalue weighted by Gasteiger charge is 2.34. The van der Waals surface area contributed by atoms with Gasteiger partial charge in [0.1, 0.15) is 5.75 Å². The largest absolute Gasteiger partial charge is 0.496 e. The summed E-state index contributed by atoms with van der Waals surface area (Å²) in [4.78, 5) is 17.9. The third kappa shape index (κ3) is 4.35. The van der Waals surface area contributed by atoms with E-state index in [9.17, 15) is 4.79 Å². The number of methoxy groups -OCH3 is 1. The van der Waals surface area contributed by atoms with Crippen molar-refractivity contribution in [1.29, 1.82) is 0 Å². The first-order valence-corrected chi connectivity index (χ1v) is 9.67. The molecule has 1 amide bonds. The van der Waals surface area contributed by atoms with Gasteiger partial charge in [-0.15, -0.1) is 0 Å². The Balaban J connectivity index is 1.79. The first-order valence-electron chi connectivity index (χ1n) is 9.67. The normalized spacial score (nSPS) is 22.1. The van der Waals surface area contributed by atoms with Crippen LogP contribution in [-0.4, -0.2) is 55.0 Å². The second-order valence-corrected chi connectivity index (χ2v) is 8.06. The van der Waals surface area contributed by atoms with E-state index >= 15 is 0 Å². The number of hydrogen-bond acceptors (Lipinski definition) is 3. The summed E-state index contributed by atoms with van der Waals surface area (Å²) in [5.41, 5.74) is 1.79.